The van der Waals surface area contributed by atoms with Crippen LogP contribution in [0.25, 0.3) is 0 Å². The Balaban J connectivity index is 1.90. The minimum atomic E-state index is -0.878. The Hall–Kier alpha value is -2.11. The number of amidine groups is 1. The Labute approximate surface area is 123 Å². The number of rotatable bonds is 5. The first kappa shape index (κ1) is 15.3. The first-order valence-electron chi connectivity index (χ1n) is 6.98. The Morgan fingerprint density at radius 3 is 2.62 bits per heavy atom. The third-order valence-corrected chi connectivity index (χ3v) is 4.04. The van der Waals surface area contributed by atoms with E-state index in [1.54, 1.807) is 12.1 Å². The van der Waals surface area contributed by atoms with Crippen LogP contribution in [0.5, 0.6) is 0 Å². The van der Waals surface area contributed by atoms with E-state index in [-0.39, 0.29) is 17.6 Å². The van der Waals surface area contributed by atoms with Crippen molar-refractivity contribution in [3.63, 3.8) is 0 Å². The third-order valence-electron chi connectivity index (χ3n) is 4.04. The number of hydrogen-bond donors (Lipinski definition) is 3. The molecule has 1 fully saturated rings. The maximum absolute atomic E-state index is 12.8. The van der Waals surface area contributed by atoms with Crippen molar-refractivity contribution in [2.24, 2.45) is 22.2 Å². The fraction of sp³-hybridized carbons (Fsp3) is 0.467. The summed E-state index contributed by atoms with van der Waals surface area (Å²) in [6.07, 6.45) is 1.78. The number of amides is 1. The number of hydrogen-bond acceptors (Lipinski definition) is 3. The molecule has 0 aromatic heterocycles. The molecule has 0 unspecified atom stereocenters. The lowest BCUT2D eigenvalue weighted by molar-refractivity contribution is -0.133. The number of nitrogens with zero attached hydrogens (tertiary/aromatic N) is 1. The monoisotopic (exact) mass is 293 g/mol. The second-order valence-corrected chi connectivity index (χ2v) is 5.71. The number of benzene rings is 1. The molecule has 2 rings (SSSR count). The molecule has 4 N–H and O–H groups in total. The van der Waals surface area contributed by atoms with Crippen LogP contribution in [0.3, 0.4) is 0 Å². The first-order chi connectivity index (χ1) is 9.98. The van der Waals surface area contributed by atoms with Crippen molar-refractivity contribution >= 4 is 11.7 Å². The van der Waals surface area contributed by atoms with Gasteiger partial charge in [-0.1, -0.05) is 24.2 Å². The van der Waals surface area contributed by atoms with Crippen LogP contribution in [0, 0.1) is 17.2 Å². The molecule has 5 nitrogen and oxygen atoms in total. The SMILES string of the molecule is CC1CC(C(=O)NCCc2ccc(F)cc2)(/C(N)=N/O)C1. The molecule has 1 aliphatic rings. The molecule has 1 aliphatic carbocycles. The lowest BCUT2D eigenvalue weighted by atomic mass is 9.61. The van der Waals surface area contributed by atoms with E-state index in [9.17, 15) is 9.18 Å². The highest BCUT2D eigenvalue weighted by Crippen LogP contribution is 2.45. The van der Waals surface area contributed by atoms with E-state index in [0.717, 1.165) is 5.56 Å². The molecular weight excluding hydrogens is 273 g/mol. The van der Waals surface area contributed by atoms with Crippen LogP contribution < -0.4 is 11.1 Å². The maximum atomic E-state index is 12.8. The topological polar surface area (TPSA) is 87.7 Å². The standard InChI is InChI=1S/C15H20FN3O2/c1-10-8-15(9-10,13(17)19-21)14(20)18-7-6-11-2-4-12(16)5-3-11/h2-5,10,21H,6-9H2,1H3,(H2,17,19)(H,18,20). The minimum Gasteiger partial charge on any atom is -0.409 e. The summed E-state index contributed by atoms with van der Waals surface area (Å²) in [5, 5.41) is 14.7. The summed E-state index contributed by atoms with van der Waals surface area (Å²) in [4.78, 5) is 12.3. The molecular formula is C15H20FN3O2. The number of carbonyl (C=O) groups excluding carboxylic acids is 1. The third kappa shape index (κ3) is 3.15. The number of nitrogens with one attached hydrogen (secondary N) is 1. The average Bonchev–Trinajstić information content (AvgIpc) is 2.44. The van der Waals surface area contributed by atoms with E-state index in [0.29, 0.717) is 31.7 Å². The minimum absolute atomic E-state index is 0.0279. The molecule has 21 heavy (non-hydrogen) atoms. The van der Waals surface area contributed by atoms with Gasteiger partial charge in [-0.2, -0.15) is 0 Å². The molecule has 1 amide bonds. The highest BCUT2D eigenvalue weighted by molar-refractivity contribution is 6.07. The Bertz CT molecular complexity index is 536. The van der Waals surface area contributed by atoms with Crippen LogP contribution in [0.1, 0.15) is 25.3 Å². The van der Waals surface area contributed by atoms with Crippen molar-refractivity contribution in [1.82, 2.24) is 5.32 Å². The van der Waals surface area contributed by atoms with E-state index in [1.165, 1.54) is 12.1 Å². The smallest absolute Gasteiger partial charge is 0.233 e. The summed E-state index contributed by atoms with van der Waals surface area (Å²) in [7, 11) is 0. The number of nitrogens with two attached hydrogens (primary N) is 1. The zero-order chi connectivity index (χ0) is 15.5. The number of carbonyl (C=O) groups is 1. The lowest BCUT2D eigenvalue weighted by Gasteiger charge is -2.43. The molecule has 0 radical (unpaired) electrons. The van der Waals surface area contributed by atoms with Gasteiger partial charge in [-0.05, 0) is 42.9 Å². The van der Waals surface area contributed by atoms with Crippen molar-refractivity contribution in [3.05, 3.63) is 35.6 Å². The number of halogens is 1. The number of oxime groups is 1. The fourth-order valence-electron chi connectivity index (χ4n) is 2.88. The first-order valence-corrected chi connectivity index (χ1v) is 6.98. The van der Waals surface area contributed by atoms with Crippen molar-refractivity contribution in [2.45, 2.75) is 26.2 Å². The highest BCUT2D eigenvalue weighted by Gasteiger charge is 2.51. The summed E-state index contributed by atoms with van der Waals surface area (Å²) in [5.41, 5.74) is 5.74. The summed E-state index contributed by atoms with van der Waals surface area (Å²) >= 11 is 0. The normalized spacial score (nSPS) is 25.2. The van der Waals surface area contributed by atoms with Gasteiger partial charge in [0.2, 0.25) is 5.91 Å². The molecule has 0 spiro atoms. The summed E-state index contributed by atoms with van der Waals surface area (Å²) < 4.78 is 12.8. The van der Waals surface area contributed by atoms with E-state index in [1.807, 2.05) is 6.92 Å². The largest absolute Gasteiger partial charge is 0.409 e. The summed E-state index contributed by atoms with van der Waals surface area (Å²) in [6.45, 7) is 2.45. The zero-order valence-electron chi connectivity index (χ0n) is 12.0. The summed E-state index contributed by atoms with van der Waals surface area (Å²) in [6, 6.07) is 6.16. The van der Waals surface area contributed by atoms with Crippen molar-refractivity contribution in [1.29, 1.82) is 0 Å². The van der Waals surface area contributed by atoms with Crippen LogP contribution in [0.15, 0.2) is 29.4 Å². The Morgan fingerprint density at radius 1 is 1.48 bits per heavy atom. The quantitative estimate of drug-likeness (QED) is 0.334. The Kier molecular flexibility index (Phi) is 4.45. The van der Waals surface area contributed by atoms with E-state index < -0.39 is 5.41 Å². The molecule has 0 bridgehead atoms. The molecule has 1 aromatic carbocycles. The van der Waals surface area contributed by atoms with E-state index >= 15 is 0 Å². The molecule has 0 atom stereocenters. The van der Waals surface area contributed by atoms with Gasteiger partial charge in [0.15, 0.2) is 5.84 Å². The van der Waals surface area contributed by atoms with Crippen molar-refractivity contribution in [2.75, 3.05) is 6.54 Å². The summed E-state index contributed by atoms with van der Waals surface area (Å²) in [5.74, 6) is -0.136. The van der Waals surface area contributed by atoms with Crippen LogP contribution in [-0.2, 0) is 11.2 Å². The lowest BCUT2D eigenvalue weighted by Crippen LogP contribution is -2.57. The van der Waals surface area contributed by atoms with Gasteiger partial charge in [-0.3, -0.25) is 4.79 Å². The molecule has 6 heteroatoms. The second-order valence-electron chi connectivity index (χ2n) is 5.71. The van der Waals surface area contributed by atoms with Crippen LogP contribution in [0.4, 0.5) is 4.39 Å². The van der Waals surface area contributed by atoms with E-state index in [4.69, 9.17) is 10.9 Å². The van der Waals surface area contributed by atoms with Crippen LogP contribution >= 0.6 is 0 Å². The second kappa shape index (κ2) is 6.11. The van der Waals surface area contributed by atoms with Crippen LogP contribution in [-0.4, -0.2) is 23.5 Å². The predicted octanol–water partition coefficient (Wildman–Crippen LogP) is 1.65. The van der Waals surface area contributed by atoms with Gasteiger partial charge >= 0.3 is 0 Å². The van der Waals surface area contributed by atoms with Crippen molar-refractivity contribution < 1.29 is 14.4 Å². The molecule has 0 heterocycles. The Morgan fingerprint density at radius 2 is 2.10 bits per heavy atom. The average molecular weight is 293 g/mol. The van der Waals surface area contributed by atoms with Gasteiger partial charge < -0.3 is 16.3 Å². The van der Waals surface area contributed by atoms with Gasteiger partial charge in [0.1, 0.15) is 11.2 Å². The molecule has 1 aromatic rings. The molecule has 1 saturated carbocycles. The van der Waals surface area contributed by atoms with Crippen molar-refractivity contribution in [3.8, 4) is 0 Å². The fourth-order valence-corrected chi connectivity index (χ4v) is 2.88. The van der Waals surface area contributed by atoms with E-state index in [2.05, 4.69) is 10.5 Å². The van der Waals surface area contributed by atoms with Gasteiger partial charge in [0, 0.05) is 6.54 Å². The molecule has 0 saturated heterocycles. The van der Waals surface area contributed by atoms with Gasteiger partial charge in [0.05, 0.1) is 0 Å². The maximum Gasteiger partial charge on any atom is 0.233 e. The predicted molar refractivity (Wildman–Crippen MR) is 77.4 cm³/mol. The molecule has 0 aliphatic heterocycles. The highest BCUT2D eigenvalue weighted by atomic mass is 19.1. The van der Waals surface area contributed by atoms with Gasteiger partial charge in [-0.25, -0.2) is 4.39 Å². The van der Waals surface area contributed by atoms with Gasteiger partial charge in [-0.15, -0.1) is 0 Å². The van der Waals surface area contributed by atoms with Crippen LogP contribution in [0.2, 0.25) is 0 Å². The van der Waals surface area contributed by atoms with Gasteiger partial charge in [0.25, 0.3) is 0 Å². The zero-order valence-corrected chi connectivity index (χ0v) is 12.0. The molecule has 114 valence electrons.